The van der Waals surface area contributed by atoms with E-state index in [2.05, 4.69) is 31.9 Å². The number of hydrogen-bond acceptors (Lipinski definition) is 2. The number of aldehydes is 1. The maximum absolute atomic E-state index is 13.2. The number of halogens is 3. The second-order valence-corrected chi connectivity index (χ2v) is 4.16. The molecule has 0 aromatic heterocycles. The van der Waals surface area contributed by atoms with Crippen LogP contribution in [0.4, 0.5) is 4.39 Å². The maximum atomic E-state index is 13.2. The van der Waals surface area contributed by atoms with Gasteiger partial charge in [0.1, 0.15) is 11.6 Å². The number of hydrogen-bond donors (Lipinski definition) is 0. The van der Waals surface area contributed by atoms with Crippen LogP contribution >= 0.6 is 31.9 Å². The van der Waals surface area contributed by atoms with Crippen LogP contribution in [0.5, 0.6) is 5.75 Å². The molecule has 0 heterocycles. The molecule has 0 N–H and O–H groups in total. The zero-order chi connectivity index (χ0) is 10.6. The fourth-order valence-corrected chi connectivity index (χ4v) is 1.51. The molecule has 0 unspecified atom stereocenters. The summed E-state index contributed by atoms with van der Waals surface area (Å²) in [6, 6.07) is 2.79. The molecule has 0 aliphatic rings. The Morgan fingerprint density at radius 3 is 2.79 bits per heavy atom. The van der Waals surface area contributed by atoms with Crippen molar-refractivity contribution in [2.45, 2.75) is 0 Å². The zero-order valence-corrected chi connectivity index (χ0v) is 10.3. The van der Waals surface area contributed by atoms with Crippen LogP contribution in [0.1, 0.15) is 10.4 Å². The molecule has 0 amide bonds. The number of alkyl halides is 1. The Labute approximate surface area is 97.7 Å². The van der Waals surface area contributed by atoms with Crippen molar-refractivity contribution < 1.29 is 13.9 Å². The molecule has 76 valence electrons. The lowest BCUT2D eigenvalue weighted by Crippen LogP contribution is -2.02. The SMILES string of the molecule is O=Cc1c(F)cc(Br)cc1OCCBr. The topological polar surface area (TPSA) is 26.3 Å². The van der Waals surface area contributed by atoms with Gasteiger partial charge in [0, 0.05) is 9.80 Å². The number of carbonyl (C=O) groups excluding carboxylic acids is 1. The lowest BCUT2D eigenvalue weighted by atomic mass is 10.2. The van der Waals surface area contributed by atoms with Gasteiger partial charge >= 0.3 is 0 Å². The van der Waals surface area contributed by atoms with E-state index in [1.807, 2.05) is 0 Å². The normalized spacial score (nSPS) is 9.93. The van der Waals surface area contributed by atoms with E-state index < -0.39 is 5.82 Å². The molecule has 1 aromatic carbocycles. The van der Waals surface area contributed by atoms with Crippen LogP contribution in [-0.2, 0) is 0 Å². The minimum Gasteiger partial charge on any atom is -0.492 e. The predicted molar refractivity (Wildman–Crippen MR) is 58.8 cm³/mol. The standard InChI is InChI=1S/C9H7Br2FO2/c10-1-2-14-9-4-6(11)3-8(12)7(9)5-13/h3-5H,1-2H2. The van der Waals surface area contributed by atoms with Crippen molar-refractivity contribution in [3.05, 3.63) is 28.0 Å². The van der Waals surface area contributed by atoms with E-state index in [9.17, 15) is 9.18 Å². The van der Waals surface area contributed by atoms with Crippen LogP contribution in [0.3, 0.4) is 0 Å². The highest BCUT2D eigenvalue weighted by molar-refractivity contribution is 9.10. The van der Waals surface area contributed by atoms with Crippen molar-refractivity contribution in [1.29, 1.82) is 0 Å². The van der Waals surface area contributed by atoms with Crippen molar-refractivity contribution >= 4 is 38.1 Å². The number of rotatable bonds is 4. The molecule has 0 radical (unpaired) electrons. The van der Waals surface area contributed by atoms with Crippen LogP contribution in [0.25, 0.3) is 0 Å². The fourth-order valence-electron chi connectivity index (χ4n) is 0.943. The van der Waals surface area contributed by atoms with Crippen molar-refractivity contribution in [2.24, 2.45) is 0 Å². The number of ether oxygens (including phenoxy) is 1. The minimum absolute atomic E-state index is 0.0471. The van der Waals surface area contributed by atoms with E-state index in [-0.39, 0.29) is 11.3 Å². The predicted octanol–water partition coefficient (Wildman–Crippen LogP) is 3.17. The van der Waals surface area contributed by atoms with Crippen molar-refractivity contribution in [3.8, 4) is 5.75 Å². The Bertz CT molecular complexity index is 342. The summed E-state index contributed by atoms with van der Waals surface area (Å²) in [5, 5.41) is 0.624. The first kappa shape index (κ1) is 11.7. The van der Waals surface area contributed by atoms with Gasteiger partial charge in [-0.3, -0.25) is 4.79 Å². The molecule has 1 aromatic rings. The van der Waals surface area contributed by atoms with Gasteiger partial charge in [0.15, 0.2) is 6.29 Å². The van der Waals surface area contributed by atoms with E-state index in [0.717, 1.165) is 0 Å². The Kier molecular flexibility index (Phi) is 4.54. The van der Waals surface area contributed by atoms with E-state index in [1.54, 1.807) is 6.07 Å². The molecule has 5 heteroatoms. The molecule has 14 heavy (non-hydrogen) atoms. The molecule has 0 spiro atoms. The average Bonchev–Trinajstić information content (AvgIpc) is 2.14. The van der Waals surface area contributed by atoms with Gasteiger partial charge in [-0.25, -0.2) is 4.39 Å². The van der Waals surface area contributed by atoms with Crippen molar-refractivity contribution in [3.63, 3.8) is 0 Å². The van der Waals surface area contributed by atoms with E-state index >= 15 is 0 Å². The lowest BCUT2D eigenvalue weighted by Gasteiger charge is -2.07. The van der Waals surface area contributed by atoms with Crippen LogP contribution in [0.15, 0.2) is 16.6 Å². The highest BCUT2D eigenvalue weighted by Crippen LogP contribution is 2.25. The molecule has 0 aliphatic carbocycles. The van der Waals surface area contributed by atoms with Crippen molar-refractivity contribution in [2.75, 3.05) is 11.9 Å². The highest BCUT2D eigenvalue weighted by Gasteiger charge is 2.10. The summed E-state index contributed by atoms with van der Waals surface area (Å²) in [7, 11) is 0. The Morgan fingerprint density at radius 1 is 1.50 bits per heavy atom. The third-order valence-electron chi connectivity index (χ3n) is 1.51. The fraction of sp³-hybridized carbons (Fsp3) is 0.222. The largest absolute Gasteiger partial charge is 0.492 e. The molecule has 0 aliphatic heterocycles. The third kappa shape index (κ3) is 2.78. The number of carbonyl (C=O) groups is 1. The second kappa shape index (κ2) is 5.46. The summed E-state index contributed by atoms with van der Waals surface area (Å²) < 4.78 is 18.9. The molecule has 0 bridgehead atoms. The first-order chi connectivity index (χ1) is 6.69. The van der Waals surface area contributed by atoms with Gasteiger partial charge in [-0.2, -0.15) is 0 Å². The maximum Gasteiger partial charge on any atom is 0.156 e. The first-order valence-corrected chi connectivity index (χ1v) is 5.73. The summed E-state index contributed by atoms with van der Waals surface area (Å²) >= 11 is 6.29. The summed E-state index contributed by atoms with van der Waals surface area (Å²) in [5.41, 5.74) is -0.0471. The number of benzene rings is 1. The smallest absolute Gasteiger partial charge is 0.156 e. The Morgan fingerprint density at radius 2 is 2.21 bits per heavy atom. The molecule has 0 fully saturated rings. The monoisotopic (exact) mass is 324 g/mol. The summed E-state index contributed by atoms with van der Waals surface area (Å²) in [6.45, 7) is 0.386. The Hall–Kier alpha value is -0.420. The summed E-state index contributed by atoms with van der Waals surface area (Å²) in [5.74, 6) is -0.328. The van der Waals surface area contributed by atoms with Crippen molar-refractivity contribution in [1.82, 2.24) is 0 Å². The quantitative estimate of drug-likeness (QED) is 0.628. The molecular formula is C9H7Br2FO2. The zero-order valence-electron chi connectivity index (χ0n) is 7.10. The van der Waals surface area contributed by atoms with Gasteiger partial charge in [0.25, 0.3) is 0 Å². The lowest BCUT2D eigenvalue weighted by molar-refractivity contribution is 0.111. The van der Waals surface area contributed by atoms with E-state index in [1.165, 1.54) is 6.07 Å². The molecule has 0 saturated heterocycles. The van der Waals surface area contributed by atoms with E-state index in [0.29, 0.717) is 22.7 Å². The first-order valence-electron chi connectivity index (χ1n) is 3.82. The minimum atomic E-state index is -0.584. The van der Waals surface area contributed by atoms with Gasteiger partial charge in [0.2, 0.25) is 0 Å². The average molecular weight is 326 g/mol. The van der Waals surface area contributed by atoms with Gasteiger partial charge in [-0.1, -0.05) is 31.9 Å². The molecule has 0 atom stereocenters. The third-order valence-corrected chi connectivity index (χ3v) is 2.29. The van der Waals surface area contributed by atoms with E-state index in [4.69, 9.17) is 4.74 Å². The van der Waals surface area contributed by atoms with Crippen LogP contribution in [0, 0.1) is 5.82 Å². The van der Waals surface area contributed by atoms with Crippen LogP contribution in [-0.4, -0.2) is 18.2 Å². The molecule has 0 saturated carbocycles. The highest BCUT2D eigenvalue weighted by atomic mass is 79.9. The summed E-state index contributed by atoms with van der Waals surface area (Å²) in [4.78, 5) is 10.6. The molecular weight excluding hydrogens is 319 g/mol. The van der Waals surface area contributed by atoms with Gasteiger partial charge in [-0.15, -0.1) is 0 Å². The summed E-state index contributed by atoms with van der Waals surface area (Å²) in [6.07, 6.45) is 0.450. The van der Waals surface area contributed by atoms with Gasteiger partial charge < -0.3 is 4.74 Å². The Balaban J connectivity index is 3.05. The second-order valence-electron chi connectivity index (χ2n) is 2.45. The van der Waals surface area contributed by atoms with Gasteiger partial charge in [-0.05, 0) is 12.1 Å². The molecule has 1 rings (SSSR count). The van der Waals surface area contributed by atoms with Crippen LogP contribution < -0.4 is 4.74 Å². The van der Waals surface area contributed by atoms with Crippen LogP contribution in [0.2, 0.25) is 0 Å². The molecule has 2 nitrogen and oxygen atoms in total. The van der Waals surface area contributed by atoms with Gasteiger partial charge in [0.05, 0.1) is 12.2 Å².